The second-order valence-corrected chi connectivity index (χ2v) is 6.07. The molecule has 0 aromatic carbocycles. The lowest BCUT2D eigenvalue weighted by Crippen LogP contribution is -2.46. The number of hydrogen-bond acceptors (Lipinski definition) is 3. The molecule has 2 fully saturated rings. The SMILES string of the molecule is CC(NCCCN1CCCC1)C(=O)NC1CCCC1. The molecule has 0 spiro atoms. The lowest BCUT2D eigenvalue weighted by molar-refractivity contribution is -0.123. The maximum atomic E-state index is 12.0. The molecule has 1 saturated carbocycles. The van der Waals surface area contributed by atoms with Gasteiger partial charge in [-0.2, -0.15) is 0 Å². The Labute approximate surface area is 117 Å². The number of carbonyl (C=O) groups is 1. The Kier molecular flexibility index (Phi) is 6.11. The number of amides is 1. The molecule has 1 atom stereocenters. The largest absolute Gasteiger partial charge is 0.352 e. The smallest absolute Gasteiger partial charge is 0.237 e. The first-order chi connectivity index (χ1) is 9.25. The number of carbonyl (C=O) groups excluding carboxylic acids is 1. The van der Waals surface area contributed by atoms with E-state index in [2.05, 4.69) is 15.5 Å². The monoisotopic (exact) mass is 267 g/mol. The topological polar surface area (TPSA) is 44.4 Å². The van der Waals surface area contributed by atoms with E-state index >= 15 is 0 Å². The van der Waals surface area contributed by atoms with Crippen LogP contribution in [0.4, 0.5) is 0 Å². The van der Waals surface area contributed by atoms with Crippen molar-refractivity contribution in [3.05, 3.63) is 0 Å². The molecule has 1 aliphatic carbocycles. The number of rotatable bonds is 7. The molecule has 0 bridgehead atoms. The maximum absolute atomic E-state index is 12.0. The van der Waals surface area contributed by atoms with Crippen LogP contribution in [-0.2, 0) is 4.79 Å². The lowest BCUT2D eigenvalue weighted by Gasteiger charge is -2.19. The summed E-state index contributed by atoms with van der Waals surface area (Å²) in [6.45, 7) is 6.61. The van der Waals surface area contributed by atoms with E-state index in [0.717, 1.165) is 25.8 Å². The van der Waals surface area contributed by atoms with Crippen molar-refractivity contribution in [1.82, 2.24) is 15.5 Å². The summed E-state index contributed by atoms with van der Waals surface area (Å²) in [5, 5.41) is 6.49. The second kappa shape index (κ2) is 7.85. The Hall–Kier alpha value is -0.610. The highest BCUT2D eigenvalue weighted by Gasteiger charge is 2.20. The van der Waals surface area contributed by atoms with Crippen molar-refractivity contribution >= 4 is 5.91 Å². The molecule has 4 nitrogen and oxygen atoms in total. The molecular weight excluding hydrogens is 238 g/mol. The molecule has 1 unspecified atom stereocenters. The summed E-state index contributed by atoms with van der Waals surface area (Å²) in [6, 6.07) is 0.375. The van der Waals surface area contributed by atoms with Gasteiger partial charge in [-0.25, -0.2) is 0 Å². The number of nitrogens with zero attached hydrogens (tertiary/aromatic N) is 1. The van der Waals surface area contributed by atoms with Gasteiger partial charge in [-0.3, -0.25) is 4.79 Å². The van der Waals surface area contributed by atoms with Crippen LogP contribution in [0.3, 0.4) is 0 Å². The summed E-state index contributed by atoms with van der Waals surface area (Å²) in [5.74, 6) is 0.174. The van der Waals surface area contributed by atoms with E-state index in [1.165, 1.54) is 45.3 Å². The fourth-order valence-corrected chi connectivity index (χ4v) is 3.12. The normalized spacial score (nSPS) is 22.8. The first kappa shape index (κ1) is 14.8. The Morgan fingerprint density at radius 1 is 1.21 bits per heavy atom. The highest BCUT2D eigenvalue weighted by Crippen LogP contribution is 2.17. The zero-order chi connectivity index (χ0) is 13.5. The van der Waals surface area contributed by atoms with Crippen LogP contribution in [0.2, 0.25) is 0 Å². The van der Waals surface area contributed by atoms with Gasteiger partial charge in [-0.1, -0.05) is 12.8 Å². The van der Waals surface area contributed by atoms with Crippen LogP contribution in [-0.4, -0.2) is 49.1 Å². The molecule has 1 heterocycles. The van der Waals surface area contributed by atoms with E-state index in [4.69, 9.17) is 0 Å². The van der Waals surface area contributed by atoms with Gasteiger partial charge in [-0.15, -0.1) is 0 Å². The minimum atomic E-state index is -0.0563. The van der Waals surface area contributed by atoms with E-state index in [0.29, 0.717) is 6.04 Å². The molecule has 1 amide bonds. The number of likely N-dealkylation sites (tertiary alicyclic amines) is 1. The standard InChI is InChI=1S/C15H29N3O/c1-13(15(19)17-14-7-2-3-8-14)16-9-6-12-18-10-4-5-11-18/h13-14,16H,2-12H2,1H3,(H,17,19). The van der Waals surface area contributed by atoms with Crippen molar-refractivity contribution in [2.24, 2.45) is 0 Å². The molecule has 2 rings (SSSR count). The summed E-state index contributed by atoms with van der Waals surface area (Å²) >= 11 is 0. The third kappa shape index (κ3) is 5.11. The van der Waals surface area contributed by atoms with Gasteiger partial charge in [0, 0.05) is 6.04 Å². The molecule has 0 aromatic rings. The van der Waals surface area contributed by atoms with Gasteiger partial charge >= 0.3 is 0 Å². The third-order valence-corrected chi connectivity index (χ3v) is 4.40. The van der Waals surface area contributed by atoms with Crippen LogP contribution >= 0.6 is 0 Å². The Bertz CT molecular complexity index is 271. The predicted molar refractivity (Wildman–Crippen MR) is 78.2 cm³/mol. The van der Waals surface area contributed by atoms with E-state index < -0.39 is 0 Å². The average molecular weight is 267 g/mol. The molecule has 1 saturated heterocycles. The van der Waals surface area contributed by atoms with Crippen molar-refractivity contribution in [3.8, 4) is 0 Å². The molecule has 19 heavy (non-hydrogen) atoms. The Morgan fingerprint density at radius 3 is 2.58 bits per heavy atom. The zero-order valence-corrected chi connectivity index (χ0v) is 12.3. The van der Waals surface area contributed by atoms with Crippen LogP contribution in [0.5, 0.6) is 0 Å². The summed E-state index contributed by atoms with van der Waals surface area (Å²) in [6.07, 6.45) is 8.70. The first-order valence-corrected chi connectivity index (χ1v) is 8.02. The fourth-order valence-electron chi connectivity index (χ4n) is 3.12. The average Bonchev–Trinajstić information content (AvgIpc) is 3.07. The quantitative estimate of drug-likeness (QED) is 0.687. The molecule has 0 radical (unpaired) electrons. The Balaban J connectivity index is 1.52. The maximum Gasteiger partial charge on any atom is 0.237 e. The minimum absolute atomic E-state index is 0.0563. The summed E-state index contributed by atoms with van der Waals surface area (Å²) in [4.78, 5) is 14.5. The summed E-state index contributed by atoms with van der Waals surface area (Å²) in [7, 11) is 0. The summed E-state index contributed by atoms with van der Waals surface area (Å²) in [5.41, 5.74) is 0. The van der Waals surface area contributed by atoms with Gasteiger partial charge in [0.05, 0.1) is 6.04 Å². The van der Waals surface area contributed by atoms with Gasteiger partial charge in [-0.05, 0) is 65.2 Å². The van der Waals surface area contributed by atoms with E-state index in [-0.39, 0.29) is 11.9 Å². The predicted octanol–water partition coefficient (Wildman–Crippen LogP) is 1.51. The van der Waals surface area contributed by atoms with Crippen LogP contribution < -0.4 is 10.6 Å². The van der Waals surface area contributed by atoms with Gasteiger partial charge in [0.1, 0.15) is 0 Å². The molecule has 4 heteroatoms. The molecule has 110 valence electrons. The van der Waals surface area contributed by atoms with Crippen molar-refractivity contribution in [1.29, 1.82) is 0 Å². The lowest BCUT2D eigenvalue weighted by atomic mass is 10.2. The van der Waals surface area contributed by atoms with Crippen LogP contribution in [0, 0.1) is 0 Å². The molecular formula is C15H29N3O. The van der Waals surface area contributed by atoms with Crippen molar-refractivity contribution < 1.29 is 4.79 Å². The van der Waals surface area contributed by atoms with Crippen molar-refractivity contribution in [2.45, 2.75) is 64.0 Å². The molecule has 1 aliphatic heterocycles. The number of nitrogens with one attached hydrogen (secondary N) is 2. The summed E-state index contributed by atoms with van der Waals surface area (Å²) < 4.78 is 0. The van der Waals surface area contributed by atoms with Gasteiger partial charge < -0.3 is 15.5 Å². The van der Waals surface area contributed by atoms with Crippen molar-refractivity contribution in [2.75, 3.05) is 26.2 Å². The minimum Gasteiger partial charge on any atom is -0.352 e. The molecule has 0 aromatic heterocycles. The highest BCUT2D eigenvalue weighted by molar-refractivity contribution is 5.81. The van der Waals surface area contributed by atoms with Crippen molar-refractivity contribution in [3.63, 3.8) is 0 Å². The Morgan fingerprint density at radius 2 is 1.89 bits per heavy atom. The van der Waals surface area contributed by atoms with Crippen LogP contribution in [0.15, 0.2) is 0 Å². The van der Waals surface area contributed by atoms with E-state index in [1.54, 1.807) is 0 Å². The van der Waals surface area contributed by atoms with Crippen LogP contribution in [0.1, 0.15) is 51.9 Å². The second-order valence-electron chi connectivity index (χ2n) is 6.07. The van der Waals surface area contributed by atoms with Gasteiger partial charge in [0.15, 0.2) is 0 Å². The highest BCUT2D eigenvalue weighted by atomic mass is 16.2. The fraction of sp³-hybridized carbons (Fsp3) is 0.933. The molecule has 2 aliphatic rings. The third-order valence-electron chi connectivity index (χ3n) is 4.40. The van der Waals surface area contributed by atoms with Crippen LogP contribution in [0.25, 0.3) is 0 Å². The van der Waals surface area contributed by atoms with E-state index in [9.17, 15) is 4.79 Å². The number of hydrogen-bond donors (Lipinski definition) is 2. The first-order valence-electron chi connectivity index (χ1n) is 8.02. The van der Waals surface area contributed by atoms with E-state index in [1.807, 2.05) is 6.92 Å². The van der Waals surface area contributed by atoms with Gasteiger partial charge in [0.25, 0.3) is 0 Å². The van der Waals surface area contributed by atoms with Gasteiger partial charge in [0.2, 0.25) is 5.91 Å². The molecule has 2 N–H and O–H groups in total. The zero-order valence-electron chi connectivity index (χ0n) is 12.3.